The number of fused-ring (bicyclic) bond motifs is 1. The quantitative estimate of drug-likeness (QED) is 0.554. The topological polar surface area (TPSA) is 110 Å². The number of ether oxygens (including phenoxy) is 1. The second-order valence-electron chi connectivity index (χ2n) is 7.12. The van der Waals surface area contributed by atoms with Crippen LogP contribution in [0.25, 0.3) is 5.65 Å². The summed E-state index contributed by atoms with van der Waals surface area (Å²) in [7, 11) is 0. The smallest absolute Gasteiger partial charge is 0.319 e. The maximum absolute atomic E-state index is 11.9. The van der Waals surface area contributed by atoms with Gasteiger partial charge in [0.2, 0.25) is 11.8 Å². The number of nitrogens with one attached hydrogen (secondary N) is 3. The van der Waals surface area contributed by atoms with Gasteiger partial charge in [0.05, 0.1) is 6.20 Å². The lowest BCUT2D eigenvalue weighted by Gasteiger charge is -2.12. The van der Waals surface area contributed by atoms with E-state index in [0.29, 0.717) is 35.3 Å². The first-order valence-corrected chi connectivity index (χ1v) is 10.1. The number of carbonyl (C=O) groups excluding carboxylic acids is 2. The summed E-state index contributed by atoms with van der Waals surface area (Å²) < 4.78 is 7.45. The van der Waals surface area contributed by atoms with E-state index in [-0.39, 0.29) is 17.9 Å². The molecule has 1 aromatic carbocycles. The maximum Gasteiger partial charge on any atom is 0.319 e. The third kappa shape index (κ3) is 4.51. The van der Waals surface area contributed by atoms with Gasteiger partial charge >= 0.3 is 6.03 Å². The summed E-state index contributed by atoms with van der Waals surface area (Å²) in [5.74, 6) is 1.49. The van der Waals surface area contributed by atoms with Crippen LogP contribution in [0.4, 0.5) is 16.3 Å². The minimum absolute atomic E-state index is 0.00182. The SMILES string of the molecule is CCNC(=O)Nc1cc(Oc2ccc3nc(NC(=O)C4CC4)cn3n2)ccc1CC. The van der Waals surface area contributed by atoms with Crippen LogP contribution in [-0.4, -0.2) is 33.1 Å². The summed E-state index contributed by atoms with van der Waals surface area (Å²) in [4.78, 5) is 28.2. The molecule has 1 saturated carbocycles. The molecule has 9 heteroatoms. The van der Waals surface area contributed by atoms with Crippen molar-refractivity contribution in [2.75, 3.05) is 17.2 Å². The van der Waals surface area contributed by atoms with Crippen molar-refractivity contribution < 1.29 is 14.3 Å². The second kappa shape index (κ2) is 8.40. The zero-order valence-electron chi connectivity index (χ0n) is 16.9. The van der Waals surface area contributed by atoms with Gasteiger partial charge in [-0.1, -0.05) is 13.0 Å². The monoisotopic (exact) mass is 408 g/mol. The number of aromatic nitrogens is 3. The minimum Gasteiger partial charge on any atom is -0.438 e. The maximum atomic E-state index is 11.9. The fraction of sp³-hybridized carbons (Fsp3) is 0.333. The predicted molar refractivity (Wildman–Crippen MR) is 113 cm³/mol. The fourth-order valence-electron chi connectivity index (χ4n) is 3.04. The van der Waals surface area contributed by atoms with Crippen molar-refractivity contribution in [3.05, 3.63) is 42.1 Å². The van der Waals surface area contributed by atoms with E-state index < -0.39 is 0 Å². The van der Waals surface area contributed by atoms with Gasteiger partial charge in [0.15, 0.2) is 11.5 Å². The van der Waals surface area contributed by atoms with Crippen LogP contribution in [0.1, 0.15) is 32.3 Å². The molecule has 3 amide bonds. The number of hydrogen-bond donors (Lipinski definition) is 3. The normalized spacial score (nSPS) is 13.1. The number of urea groups is 1. The zero-order valence-corrected chi connectivity index (χ0v) is 16.9. The Morgan fingerprint density at radius 1 is 1.17 bits per heavy atom. The van der Waals surface area contributed by atoms with Gasteiger partial charge in [0, 0.05) is 30.3 Å². The predicted octanol–water partition coefficient (Wildman–Crippen LogP) is 3.57. The van der Waals surface area contributed by atoms with Crippen molar-refractivity contribution in [1.82, 2.24) is 19.9 Å². The molecule has 1 aliphatic rings. The van der Waals surface area contributed by atoms with Gasteiger partial charge in [-0.3, -0.25) is 4.79 Å². The number of rotatable bonds is 7. The Bertz CT molecular complexity index is 1090. The average molecular weight is 408 g/mol. The Hall–Kier alpha value is -3.62. The molecule has 0 saturated heterocycles. The average Bonchev–Trinajstić information content (AvgIpc) is 3.49. The van der Waals surface area contributed by atoms with Gasteiger partial charge < -0.3 is 20.7 Å². The van der Waals surface area contributed by atoms with E-state index in [4.69, 9.17) is 4.74 Å². The lowest BCUT2D eigenvalue weighted by Crippen LogP contribution is -2.28. The number of benzene rings is 1. The Balaban J connectivity index is 1.51. The number of anilines is 2. The molecule has 156 valence electrons. The van der Waals surface area contributed by atoms with Crippen LogP contribution >= 0.6 is 0 Å². The zero-order chi connectivity index (χ0) is 21.1. The molecule has 4 rings (SSSR count). The Kier molecular flexibility index (Phi) is 5.51. The van der Waals surface area contributed by atoms with E-state index in [0.717, 1.165) is 24.8 Å². The molecule has 30 heavy (non-hydrogen) atoms. The van der Waals surface area contributed by atoms with Gasteiger partial charge in [0.1, 0.15) is 5.75 Å². The van der Waals surface area contributed by atoms with Gasteiger partial charge in [-0.05, 0) is 43.9 Å². The molecule has 2 heterocycles. The third-order valence-electron chi connectivity index (χ3n) is 4.77. The largest absolute Gasteiger partial charge is 0.438 e. The summed E-state index contributed by atoms with van der Waals surface area (Å²) >= 11 is 0. The first-order valence-electron chi connectivity index (χ1n) is 10.1. The molecular formula is C21H24N6O3. The van der Waals surface area contributed by atoms with Crippen LogP contribution in [0, 0.1) is 5.92 Å². The molecule has 9 nitrogen and oxygen atoms in total. The third-order valence-corrected chi connectivity index (χ3v) is 4.77. The van der Waals surface area contributed by atoms with Crippen LogP contribution in [0.3, 0.4) is 0 Å². The van der Waals surface area contributed by atoms with Crippen LogP contribution in [0.15, 0.2) is 36.5 Å². The molecule has 3 aromatic rings. The molecule has 0 atom stereocenters. The van der Waals surface area contributed by atoms with Gasteiger partial charge in [-0.25, -0.2) is 14.3 Å². The highest BCUT2D eigenvalue weighted by atomic mass is 16.5. The number of imidazole rings is 1. The number of nitrogens with zero attached hydrogens (tertiary/aromatic N) is 3. The van der Waals surface area contributed by atoms with Gasteiger partial charge in [-0.2, -0.15) is 0 Å². The first-order chi connectivity index (χ1) is 14.6. The van der Waals surface area contributed by atoms with Crippen LogP contribution in [-0.2, 0) is 11.2 Å². The molecule has 0 spiro atoms. The molecule has 0 bridgehead atoms. The van der Waals surface area contributed by atoms with Gasteiger partial charge in [0.25, 0.3) is 0 Å². The molecule has 0 unspecified atom stereocenters. The van der Waals surface area contributed by atoms with Gasteiger partial charge in [-0.15, -0.1) is 5.10 Å². The summed E-state index contributed by atoms with van der Waals surface area (Å²) in [5.41, 5.74) is 2.30. The molecule has 0 aliphatic heterocycles. The van der Waals surface area contributed by atoms with E-state index in [1.807, 2.05) is 26.0 Å². The molecule has 0 radical (unpaired) electrons. The second-order valence-corrected chi connectivity index (χ2v) is 7.12. The number of carbonyl (C=O) groups is 2. The van der Waals surface area contributed by atoms with Crippen molar-refractivity contribution in [3.63, 3.8) is 0 Å². The highest BCUT2D eigenvalue weighted by Gasteiger charge is 2.30. The number of hydrogen-bond acceptors (Lipinski definition) is 5. The lowest BCUT2D eigenvalue weighted by molar-refractivity contribution is -0.117. The van der Waals surface area contributed by atoms with Crippen molar-refractivity contribution in [1.29, 1.82) is 0 Å². The molecule has 3 N–H and O–H groups in total. The van der Waals surface area contributed by atoms with E-state index in [2.05, 4.69) is 26.0 Å². The molecular weight excluding hydrogens is 384 g/mol. The Morgan fingerprint density at radius 2 is 2.00 bits per heavy atom. The molecule has 1 fully saturated rings. The number of amides is 3. The van der Waals surface area contributed by atoms with E-state index >= 15 is 0 Å². The van der Waals surface area contributed by atoms with Crippen LogP contribution in [0.2, 0.25) is 0 Å². The Morgan fingerprint density at radius 3 is 2.73 bits per heavy atom. The Labute approximate surface area is 173 Å². The standard InChI is InChI=1S/C21H24N6O3/c1-3-13-7-8-15(11-16(13)23-21(29)22-4-2)30-19-10-9-18-24-17(12-27(18)26-19)25-20(28)14-5-6-14/h7-12,14H,3-6H2,1-2H3,(H,25,28)(H2,22,23,29). The van der Waals surface area contributed by atoms with E-state index in [9.17, 15) is 9.59 Å². The summed E-state index contributed by atoms with van der Waals surface area (Å²) in [6.45, 7) is 4.43. The number of aryl methyl sites for hydroxylation is 1. The van der Waals surface area contributed by atoms with Crippen molar-refractivity contribution >= 4 is 29.1 Å². The molecule has 1 aliphatic carbocycles. The van der Waals surface area contributed by atoms with Crippen molar-refractivity contribution in [3.8, 4) is 11.6 Å². The fourth-order valence-corrected chi connectivity index (χ4v) is 3.04. The van der Waals surface area contributed by atoms with Crippen LogP contribution in [0.5, 0.6) is 11.6 Å². The highest BCUT2D eigenvalue weighted by Crippen LogP contribution is 2.30. The van der Waals surface area contributed by atoms with Crippen molar-refractivity contribution in [2.45, 2.75) is 33.1 Å². The first kappa shape index (κ1) is 19.7. The van der Waals surface area contributed by atoms with E-state index in [1.165, 1.54) is 0 Å². The summed E-state index contributed by atoms with van der Waals surface area (Å²) in [6.07, 6.45) is 4.30. The molecule has 2 aromatic heterocycles. The highest BCUT2D eigenvalue weighted by molar-refractivity contribution is 5.93. The van der Waals surface area contributed by atoms with Crippen molar-refractivity contribution in [2.24, 2.45) is 5.92 Å². The minimum atomic E-state index is -0.261. The summed E-state index contributed by atoms with van der Waals surface area (Å²) in [5, 5.41) is 12.8. The van der Waals surface area contributed by atoms with Crippen LogP contribution < -0.4 is 20.7 Å². The van der Waals surface area contributed by atoms with E-state index in [1.54, 1.807) is 28.9 Å². The summed E-state index contributed by atoms with van der Waals surface area (Å²) in [6, 6.07) is 8.74. The lowest BCUT2D eigenvalue weighted by atomic mass is 10.1.